The van der Waals surface area contributed by atoms with Gasteiger partial charge in [-0.15, -0.1) is 11.3 Å². The minimum atomic E-state index is -0.257. The van der Waals surface area contributed by atoms with Gasteiger partial charge in [0.05, 0.1) is 5.69 Å². The summed E-state index contributed by atoms with van der Waals surface area (Å²) in [6, 6.07) is 7.29. The zero-order valence-electron chi connectivity index (χ0n) is 13.9. The average Bonchev–Trinajstić information content (AvgIpc) is 2.91. The number of nitrogens with two attached hydrogens (primary N) is 1. The average molecular weight is 355 g/mol. The van der Waals surface area contributed by atoms with E-state index in [-0.39, 0.29) is 5.91 Å². The summed E-state index contributed by atoms with van der Waals surface area (Å²) in [5.41, 5.74) is 9.27. The van der Waals surface area contributed by atoms with Crippen LogP contribution in [0.2, 0.25) is 0 Å². The van der Waals surface area contributed by atoms with Gasteiger partial charge in [0, 0.05) is 22.8 Å². The molecule has 25 heavy (non-hydrogen) atoms. The summed E-state index contributed by atoms with van der Waals surface area (Å²) in [5, 5.41) is 3.69. The lowest BCUT2D eigenvalue weighted by molar-refractivity contribution is 0.103. The number of fused-ring (bicyclic) bond motifs is 2. The Morgan fingerprint density at radius 3 is 2.76 bits per heavy atom. The molecule has 0 atom stereocenters. The van der Waals surface area contributed by atoms with Gasteiger partial charge in [0.25, 0.3) is 5.91 Å². The lowest BCUT2D eigenvalue weighted by atomic mass is 10.1. The fraction of sp³-hybridized carbons (Fsp3) is 0.222. The van der Waals surface area contributed by atoms with Crippen LogP contribution in [0.3, 0.4) is 0 Å². The molecule has 1 aromatic carbocycles. The van der Waals surface area contributed by atoms with E-state index in [0.29, 0.717) is 41.0 Å². The van der Waals surface area contributed by atoms with E-state index in [4.69, 9.17) is 15.2 Å². The quantitative estimate of drug-likeness (QED) is 0.734. The van der Waals surface area contributed by atoms with Crippen LogP contribution in [0.1, 0.15) is 20.9 Å². The van der Waals surface area contributed by atoms with E-state index in [1.807, 2.05) is 19.9 Å². The minimum Gasteiger partial charge on any atom is -0.486 e. The lowest BCUT2D eigenvalue weighted by Gasteiger charge is -2.18. The van der Waals surface area contributed by atoms with Gasteiger partial charge < -0.3 is 20.5 Å². The van der Waals surface area contributed by atoms with Crippen LogP contribution in [0.4, 0.5) is 11.4 Å². The van der Waals surface area contributed by atoms with Crippen LogP contribution in [-0.2, 0) is 0 Å². The Bertz CT molecular complexity index is 997. The van der Waals surface area contributed by atoms with Crippen molar-refractivity contribution in [1.29, 1.82) is 0 Å². The predicted molar refractivity (Wildman–Crippen MR) is 98.9 cm³/mol. The van der Waals surface area contributed by atoms with Crippen LogP contribution >= 0.6 is 11.3 Å². The van der Waals surface area contributed by atoms with Gasteiger partial charge >= 0.3 is 0 Å². The zero-order chi connectivity index (χ0) is 17.6. The predicted octanol–water partition coefficient (Wildman–Crippen LogP) is 3.52. The third kappa shape index (κ3) is 2.76. The third-order valence-electron chi connectivity index (χ3n) is 4.17. The number of benzene rings is 1. The third-order valence-corrected chi connectivity index (χ3v) is 5.28. The topological polar surface area (TPSA) is 86.5 Å². The standard InChI is InChI=1S/C18H17N3O3S/c1-9-7-12-15(19)16(25-18(12)20-10(9)2)17(22)21-11-3-4-13-14(8-11)24-6-5-23-13/h3-4,7-8H,5-6,19H2,1-2H3,(H,21,22). The van der Waals surface area contributed by atoms with Crippen molar-refractivity contribution < 1.29 is 14.3 Å². The van der Waals surface area contributed by atoms with Crippen molar-refractivity contribution in [1.82, 2.24) is 4.98 Å². The molecule has 7 heteroatoms. The molecule has 0 bridgehead atoms. The number of rotatable bonds is 2. The Morgan fingerprint density at radius 1 is 1.20 bits per heavy atom. The first-order valence-corrected chi connectivity index (χ1v) is 8.72. The number of carbonyl (C=O) groups excluding carboxylic acids is 1. The molecule has 0 radical (unpaired) electrons. The summed E-state index contributed by atoms with van der Waals surface area (Å²) in [7, 11) is 0. The van der Waals surface area contributed by atoms with Crippen LogP contribution in [-0.4, -0.2) is 24.1 Å². The smallest absolute Gasteiger partial charge is 0.267 e. The number of hydrogen-bond donors (Lipinski definition) is 2. The normalized spacial score (nSPS) is 13.0. The van der Waals surface area contributed by atoms with Gasteiger partial charge in [-0.3, -0.25) is 4.79 Å². The molecule has 6 nitrogen and oxygen atoms in total. The highest BCUT2D eigenvalue weighted by molar-refractivity contribution is 7.21. The second kappa shape index (κ2) is 5.93. The molecule has 3 aromatic rings. The number of thiophene rings is 1. The first kappa shape index (κ1) is 15.7. The molecule has 0 saturated heterocycles. The second-order valence-electron chi connectivity index (χ2n) is 5.90. The van der Waals surface area contributed by atoms with Crippen molar-refractivity contribution in [2.24, 2.45) is 0 Å². The lowest BCUT2D eigenvalue weighted by Crippen LogP contribution is -2.16. The Hall–Kier alpha value is -2.80. The van der Waals surface area contributed by atoms with Crippen LogP contribution < -0.4 is 20.5 Å². The summed E-state index contributed by atoms with van der Waals surface area (Å²) in [6.45, 7) is 4.95. The van der Waals surface area contributed by atoms with Crippen molar-refractivity contribution in [3.8, 4) is 11.5 Å². The van der Waals surface area contributed by atoms with Gasteiger partial charge in [-0.2, -0.15) is 0 Å². The minimum absolute atomic E-state index is 0.257. The Balaban J connectivity index is 1.65. The first-order chi connectivity index (χ1) is 12.0. The summed E-state index contributed by atoms with van der Waals surface area (Å²) < 4.78 is 11.0. The van der Waals surface area contributed by atoms with Crippen LogP contribution in [0, 0.1) is 13.8 Å². The molecule has 128 valence electrons. The molecule has 1 aliphatic rings. The molecule has 0 aliphatic carbocycles. The Kier molecular flexibility index (Phi) is 3.73. The van der Waals surface area contributed by atoms with Crippen molar-refractivity contribution >= 4 is 38.8 Å². The van der Waals surface area contributed by atoms with Crippen molar-refractivity contribution in [3.05, 3.63) is 40.4 Å². The van der Waals surface area contributed by atoms with Gasteiger partial charge in [-0.05, 0) is 37.6 Å². The second-order valence-corrected chi connectivity index (χ2v) is 6.90. The molecule has 3 N–H and O–H groups in total. The van der Waals surface area contributed by atoms with Gasteiger partial charge in [0.15, 0.2) is 11.5 Å². The molecular formula is C18H17N3O3S. The summed E-state index contributed by atoms with van der Waals surface area (Å²) in [6.07, 6.45) is 0. The highest BCUT2D eigenvalue weighted by Crippen LogP contribution is 2.35. The number of amides is 1. The molecule has 0 spiro atoms. The molecular weight excluding hydrogens is 338 g/mol. The molecule has 2 aromatic heterocycles. The van der Waals surface area contributed by atoms with Crippen molar-refractivity contribution in [3.63, 3.8) is 0 Å². The molecule has 0 fully saturated rings. The van der Waals surface area contributed by atoms with Gasteiger partial charge in [0.2, 0.25) is 0 Å². The number of carbonyl (C=O) groups is 1. The first-order valence-electron chi connectivity index (χ1n) is 7.90. The molecule has 0 unspecified atom stereocenters. The maximum Gasteiger partial charge on any atom is 0.267 e. The van der Waals surface area contributed by atoms with E-state index in [2.05, 4.69) is 10.3 Å². The number of ether oxygens (including phenoxy) is 2. The van der Waals surface area contributed by atoms with E-state index in [1.165, 1.54) is 11.3 Å². The Labute approximate surface area is 148 Å². The van der Waals surface area contributed by atoms with Crippen LogP contribution in [0.15, 0.2) is 24.3 Å². The van der Waals surface area contributed by atoms with E-state index in [0.717, 1.165) is 21.5 Å². The van der Waals surface area contributed by atoms with Crippen LogP contribution in [0.5, 0.6) is 11.5 Å². The number of nitrogen functional groups attached to an aromatic ring is 1. The largest absolute Gasteiger partial charge is 0.486 e. The van der Waals surface area contributed by atoms with Crippen molar-refractivity contribution in [2.45, 2.75) is 13.8 Å². The van der Waals surface area contributed by atoms with Gasteiger partial charge in [0.1, 0.15) is 22.9 Å². The molecule has 0 saturated carbocycles. The maximum absolute atomic E-state index is 12.7. The number of anilines is 2. The number of hydrogen-bond acceptors (Lipinski definition) is 6. The van der Waals surface area contributed by atoms with Crippen molar-refractivity contribution in [2.75, 3.05) is 24.3 Å². The highest BCUT2D eigenvalue weighted by atomic mass is 32.1. The molecule has 4 rings (SSSR count). The number of aromatic nitrogens is 1. The summed E-state index contributed by atoms with van der Waals surface area (Å²) >= 11 is 1.30. The van der Waals surface area contributed by atoms with Crippen LogP contribution in [0.25, 0.3) is 10.2 Å². The number of pyridine rings is 1. The fourth-order valence-corrected chi connectivity index (χ4v) is 3.72. The van der Waals surface area contributed by atoms with Gasteiger partial charge in [-0.25, -0.2) is 4.98 Å². The number of nitrogens with one attached hydrogen (secondary N) is 1. The highest BCUT2D eigenvalue weighted by Gasteiger charge is 2.19. The molecule has 1 amide bonds. The maximum atomic E-state index is 12.7. The van der Waals surface area contributed by atoms with E-state index >= 15 is 0 Å². The summed E-state index contributed by atoms with van der Waals surface area (Å²) in [4.78, 5) is 18.4. The number of aryl methyl sites for hydroxylation is 2. The zero-order valence-corrected chi connectivity index (χ0v) is 14.7. The van der Waals surface area contributed by atoms with E-state index in [9.17, 15) is 4.79 Å². The Morgan fingerprint density at radius 2 is 1.96 bits per heavy atom. The SMILES string of the molecule is Cc1cc2c(N)c(C(=O)Nc3ccc4c(c3)OCCO4)sc2nc1C. The molecule has 3 heterocycles. The monoisotopic (exact) mass is 355 g/mol. The van der Waals surface area contributed by atoms with E-state index in [1.54, 1.807) is 18.2 Å². The number of nitrogens with zero attached hydrogens (tertiary/aromatic N) is 1. The molecule has 1 aliphatic heterocycles. The fourth-order valence-electron chi connectivity index (χ4n) is 2.71. The van der Waals surface area contributed by atoms with E-state index < -0.39 is 0 Å². The van der Waals surface area contributed by atoms with Gasteiger partial charge in [-0.1, -0.05) is 0 Å². The summed E-state index contributed by atoms with van der Waals surface area (Å²) in [5.74, 6) is 1.05.